The van der Waals surface area contributed by atoms with E-state index < -0.39 is 0 Å². The number of nitrogens with one attached hydrogen (secondary N) is 1. The molecule has 0 spiro atoms. The zero-order valence-electron chi connectivity index (χ0n) is 12.1. The van der Waals surface area contributed by atoms with Crippen LogP contribution in [-0.4, -0.2) is 6.54 Å². The first-order chi connectivity index (χ1) is 8.66. The monoisotopic (exact) mass is 245 g/mol. The smallest absolute Gasteiger partial charge is 0.0210 e. The fourth-order valence-corrected chi connectivity index (χ4v) is 3.27. The topological polar surface area (TPSA) is 12.0 Å². The number of aryl methyl sites for hydroxylation is 2. The van der Waals surface area contributed by atoms with Gasteiger partial charge in [0.1, 0.15) is 0 Å². The predicted octanol–water partition coefficient (Wildman–Crippen LogP) is 4.22. The molecule has 100 valence electrons. The fourth-order valence-electron chi connectivity index (χ4n) is 3.27. The summed E-state index contributed by atoms with van der Waals surface area (Å²) in [5.41, 5.74) is 4.32. The summed E-state index contributed by atoms with van der Waals surface area (Å²) in [4.78, 5) is 0. The maximum Gasteiger partial charge on any atom is 0.0210 e. The van der Waals surface area contributed by atoms with Gasteiger partial charge in [-0.1, -0.05) is 38.0 Å². The summed E-state index contributed by atoms with van der Waals surface area (Å²) in [6.45, 7) is 9.05. The van der Waals surface area contributed by atoms with Gasteiger partial charge in [0.15, 0.2) is 0 Å². The summed E-state index contributed by atoms with van der Waals surface area (Å²) in [6.07, 6.45) is 5.70. The molecular weight excluding hydrogens is 218 g/mol. The highest BCUT2D eigenvalue weighted by Gasteiger charge is 2.18. The molecule has 1 aliphatic carbocycles. The van der Waals surface area contributed by atoms with Gasteiger partial charge < -0.3 is 5.32 Å². The lowest BCUT2D eigenvalue weighted by Crippen LogP contribution is -2.26. The van der Waals surface area contributed by atoms with E-state index in [1.807, 2.05) is 0 Å². The highest BCUT2D eigenvalue weighted by Crippen LogP contribution is 2.28. The standard InChI is InChI=1S/C17H27N/c1-13-6-4-9-16(10-13)11-18-12-17-14(2)7-5-8-15(17)3/h5,7-8,13,16,18H,4,6,9-12H2,1-3H3. The quantitative estimate of drug-likeness (QED) is 0.837. The molecule has 0 bridgehead atoms. The van der Waals surface area contributed by atoms with Crippen LogP contribution in [0.25, 0.3) is 0 Å². The number of benzene rings is 1. The van der Waals surface area contributed by atoms with Crippen LogP contribution >= 0.6 is 0 Å². The van der Waals surface area contributed by atoms with Gasteiger partial charge in [0, 0.05) is 6.54 Å². The molecule has 0 aliphatic heterocycles. The third-order valence-corrected chi connectivity index (χ3v) is 4.42. The van der Waals surface area contributed by atoms with Crippen LogP contribution in [-0.2, 0) is 6.54 Å². The van der Waals surface area contributed by atoms with Crippen molar-refractivity contribution in [2.75, 3.05) is 6.54 Å². The van der Waals surface area contributed by atoms with Crippen molar-refractivity contribution >= 4 is 0 Å². The van der Waals surface area contributed by atoms with Gasteiger partial charge in [-0.3, -0.25) is 0 Å². The Hall–Kier alpha value is -0.820. The van der Waals surface area contributed by atoms with E-state index in [1.54, 1.807) is 0 Å². The van der Waals surface area contributed by atoms with E-state index >= 15 is 0 Å². The SMILES string of the molecule is Cc1cccc(C)c1CNCC1CCCC(C)C1. The van der Waals surface area contributed by atoms with Crippen LogP contribution in [0.2, 0.25) is 0 Å². The fraction of sp³-hybridized carbons (Fsp3) is 0.647. The first kappa shape index (κ1) is 13.6. The number of hydrogen-bond acceptors (Lipinski definition) is 1. The Morgan fingerprint density at radius 3 is 2.56 bits per heavy atom. The summed E-state index contributed by atoms with van der Waals surface area (Å²) in [7, 11) is 0. The molecular formula is C17H27N. The molecule has 2 unspecified atom stereocenters. The summed E-state index contributed by atoms with van der Waals surface area (Å²) < 4.78 is 0. The van der Waals surface area contributed by atoms with Crippen LogP contribution in [0.3, 0.4) is 0 Å². The molecule has 0 saturated heterocycles. The normalized spacial score (nSPS) is 24.2. The first-order valence-electron chi connectivity index (χ1n) is 7.42. The Morgan fingerprint density at radius 2 is 1.89 bits per heavy atom. The van der Waals surface area contributed by atoms with Crippen molar-refractivity contribution in [3.8, 4) is 0 Å². The Morgan fingerprint density at radius 1 is 1.17 bits per heavy atom. The molecule has 1 fully saturated rings. The Kier molecular flexibility index (Phi) is 4.82. The second kappa shape index (κ2) is 6.38. The minimum Gasteiger partial charge on any atom is -0.312 e. The van der Waals surface area contributed by atoms with Crippen LogP contribution in [0.4, 0.5) is 0 Å². The first-order valence-corrected chi connectivity index (χ1v) is 7.42. The maximum atomic E-state index is 3.67. The average molecular weight is 245 g/mol. The van der Waals surface area contributed by atoms with Crippen molar-refractivity contribution in [3.05, 3.63) is 34.9 Å². The van der Waals surface area contributed by atoms with E-state index in [2.05, 4.69) is 44.3 Å². The van der Waals surface area contributed by atoms with Crippen molar-refractivity contribution in [1.82, 2.24) is 5.32 Å². The Bertz CT molecular complexity index is 363. The number of rotatable bonds is 4. The van der Waals surface area contributed by atoms with E-state index in [1.165, 1.54) is 48.9 Å². The second-order valence-electron chi connectivity index (χ2n) is 6.14. The van der Waals surface area contributed by atoms with Crippen LogP contribution in [0.5, 0.6) is 0 Å². The van der Waals surface area contributed by atoms with Crippen LogP contribution in [0.15, 0.2) is 18.2 Å². The highest BCUT2D eigenvalue weighted by atomic mass is 14.9. The molecule has 2 rings (SSSR count). The van der Waals surface area contributed by atoms with E-state index in [0.717, 1.165) is 18.4 Å². The maximum absolute atomic E-state index is 3.67. The van der Waals surface area contributed by atoms with Gasteiger partial charge in [-0.05, 0) is 61.8 Å². The van der Waals surface area contributed by atoms with Gasteiger partial charge in [0.2, 0.25) is 0 Å². The van der Waals surface area contributed by atoms with Gasteiger partial charge in [-0.2, -0.15) is 0 Å². The van der Waals surface area contributed by atoms with Crippen LogP contribution in [0.1, 0.15) is 49.3 Å². The lowest BCUT2D eigenvalue weighted by Gasteiger charge is -2.27. The Balaban J connectivity index is 1.81. The van der Waals surface area contributed by atoms with Gasteiger partial charge in [-0.25, -0.2) is 0 Å². The van der Waals surface area contributed by atoms with Gasteiger partial charge in [-0.15, -0.1) is 0 Å². The van der Waals surface area contributed by atoms with E-state index in [-0.39, 0.29) is 0 Å². The molecule has 18 heavy (non-hydrogen) atoms. The zero-order chi connectivity index (χ0) is 13.0. The largest absolute Gasteiger partial charge is 0.312 e. The van der Waals surface area contributed by atoms with Gasteiger partial charge >= 0.3 is 0 Å². The molecule has 1 nitrogen and oxygen atoms in total. The van der Waals surface area contributed by atoms with Crippen molar-refractivity contribution in [1.29, 1.82) is 0 Å². The molecule has 2 atom stereocenters. The lowest BCUT2D eigenvalue weighted by molar-refractivity contribution is 0.274. The van der Waals surface area contributed by atoms with Gasteiger partial charge in [0.05, 0.1) is 0 Å². The van der Waals surface area contributed by atoms with Gasteiger partial charge in [0.25, 0.3) is 0 Å². The Labute approximate surface area is 112 Å². The summed E-state index contributed by atoms with van der Waals surface area (Å²) >= 11 is 0. The molecule has 1 saturated carbocycles. The average Bonchev–Trinajstić information content (AvgIpc) is 2.33. The zero-order valence-corrected chi connectivity index (χ0v) is 12.1. The second-order valence-corrected chi connectivity index (χ2v) is 6.14. The van der Waals surface area contributed by atoms with E-state index in [9.17, 15) is 0 Å². The minimum absolute atomic E-state index is 0.901. The number of hydrogen-bond donors (Lipinski definition) is 1. The minimum atomic E-state index is 0.901. The van der Waals surface area contributed by atoms with Crippen LogP contribution < -0.4 is 5.32 Å². The molecule has 1 aromatic rings. The summed E-state index contributed by atoms with van der Waals surface area (Å²) in [5.74, 6) is 1.84. The van der Waals surface area contributed by atoms with E-state index in [4.69, 9.17) is 0 Å². The molecule has 1 aromatic carbocycles. The molecule has 0 radical (unpaired) electrons. The molecule has 0 aromatic heterocycles. The lowest BCUT2D eigenvalue weighted by atomic mass is 9.82. The predicted molar refractivity (Wildman–Crippen MR) is 78.7 cm³/mol. The summed E-state index contributed by atoms with van der Waals surface area (Å²) in [6, 6.07) is 6.58. The molecule has 1 aliphatic rings. The van der Waals surface area contributed by atoms with E-state index in [0.29, 0.717) is 0 Å². The van der Waals surface area contributed by atoms with Crippen molar-refractivity contribution in [3.63, 3.8) is 0 Å². The highest BCUT2D eigenvalue weighted by molar-refractivity contribution is 5.33. The third-order valence-electron chi connectivity index (χ3n) is 4.42. The summed E-state index contributed by atoms with van der Waals surface area (Å²) in [5, 5.41) is 3.67. The van der Waals surface area contributed by atoms with Crippen molar-refractivity contribution in [2.45, 2.75) is 53.0 Å². The molecule has 0 heterocycles. The molecule has 0 amide bonds. The van der Waals surface area contributed by atoms with Crippen molar-refractivity contribution in [2.24, 2.45) is 11.8 Å². The van der Waals surface area contributed by atoms with Crippen LogP contribution in [0, 0.1) is 25.7 Å². The third kappa shape index (κ3) is 3.58. The molecule has 1 N–H and O–H groups in total. The van der Waals surface area contributed by atoms with Crippen molar-refractivity contribution < 1.29 is 0 Å². The molecule has 1 heteroatoms.